The molecule has 0 aromatic heterocycles. The Labute approximate surface area is 96.0 Å². The second kappa shape index (κ2) is 5.69. The van der Waals surface area contributed by atoms with Gasteiger partial charge in [0.05, 0.1) is 12.6 Å². The zero-order valence-corrected chi connectivity index (χ0v) is 10.5. The first kappa shape index (κ1) is 14.7. The second-order valence-corrected chi connectivity index (χ2v) is 4.33. The van der Waals surface area contributed by atoms with Crippen LogP contribution >= 0.6 is 0 Å². The van der Waals surface area contributed by atoms with Crippen molar-refractivity contribution in [3.05, 3.63) is 0 Å². The average Bonchev–Trinajstić information content (AvgIpc) is 2.25. The van der Waals surface area contributed by atoms with Crippen molar-refractivity contribution in [2.45, 2.75) is 26.8 Å². The van der Waals surface area contributed by atoms with Crippen LogP contribution in [0.1, 0.15) is 20.8 Å². The Kier molecular flexibility index (Phi) is 5.23. The van der Waals surface area contributed by atoms with Crippen LogP contribution in [0.5, 0.6) is 0 Å². The summed E-state index contributed by atoms with van der Waals surface area (Å²) < 4.78 is 4.97. The van der Waals surface area contributed by atoms with Crippen molar-refractivity contribution < 1.29 is 14.7 Å². The first-order valence-electron chi connectivity index (χ1n) is 5.03. The molecule has 6 nitrogen and oxygen atoms in total. The fraction of sp³-hybridized carbons (Fsp3) is 0.800. The minimum atomic E-state index is -1.02. The molecular formula is C10H21N3O3. The lowest BCUT2D eigenvalue weighted by Gasteiger charge is -2.32. The summed E-state index contributed by atoms with van der Waals surface area (Å²) in [5.74, 6) is -0.318. The number of likely N-dealkylation sites (N-methyl/N-ethyl adjacent to an activating group) is 1. The van der Waals surface area contributed by atoms with Crippen LogP contribution in [0.2, 0.25) is 0 Å². The fourth-order valence-corrected chi connectivity index (χ4v) is 1.23. The smallest absolute Gasteiger partial charge is 0.236 e. The van der Waals surface area contributed by atoms with Crippen LogP contribution in [0.4, 0.5) is 0 Å². The molecule has 0 aliphatic carbocycles. The van der Waals surface area contributed by atoms with Crippen LogP contribution in [-0.2, 0) is 9.53 Å². The van der Waals surface area contributed by atoms with Gasteiger partial charge in [-0.2, -0.15) is 0 Å². The summed E-state index contributed by atoms with van der Waals surface area (Å²) in [6.45, 7) is 5.53. The third-order valence-corrected chi connectivity index (χ3v) is 2.67. The quantitative estimate of drug-likeness (QED) is 0.307. The van der Waals surface area contributed by atoms with Gasteiger partial charge in [0.1, 0.15) is 5.41 Å². The topological polar surface area (TPSA) is 88.2 Å². The minimum Gasteiger partial charge on any atom is -0.409 e. The van der Waals surface area contributed by atoms with Crippen molar-refractivity contribution in [2.24, 2.45) is 16.3 Å². The standard InChI is InChI=1S/C10H21N3O3/c1-7(6-16-5)13(4)9(14)10(2,3)8(11)12-15/h7,15H,6H2,1-5H3,(H2,11,12). The molecule has 0 heterocycles. The number of ether oxygens (including phenoxy) is 1. The van der Waals surface area contributed by atoms with Crippen LogP contribution in [-0.4, -0.2) is 48.7 Å². The highest BCUT2D eigenvalue weighted by molar-refractivity contribution is 6.05. The van der Waals surface area contributed by atoms with Gasteiger partial charge >= 0.3 is 0 Å². The number of amides is 1. The molecule has 0 rings (SSSR count). The maximum absolute atomic E-state index is 12.1. The average molecular weight is 231 g/mol. The van der Waals surface area contributed by atoms with Gasteiger partial charge in [0.25, 0.3) is 0 Å². The van der Waals surface area contributed by atoms with Crippen LogP contribution in [0.25, 0.3) is 0 Å². The number of rotatable bonds is 5. The summed E-state index contributed by atoms with van der Waals surface area (Å²) in [6.07, 6.45) is 0. The molecule has 0 aliphatic heterocycles. The normalized spacial score (nSPS) is 14.7. The number of carbonyl (C=O) groups excluding carboxylic acids is 1. The first-order valence-corrected chi connectivity index (χ1v) is 5.03. The Bertz CT molecular complexity index is 276. The van der Waals surface area contributed by atoms with E-state index in [1.165, 1.54) is 4.90 Å². The van der Waals surface area contributed by atoms with Crippen molar-refractivity contribution in [1.82, 2.24) is 4.90 Å². The monoisotopic (exact) mass is 231 g/mol. The SMILES string of the molecule is COCC(C)N(C)C(=O)C(C)(C)C(N)=NO. The number of methoxy groups -OCH3 is 1. The molecule has 0 aromatic carbocycles. The van der Waals surface area contributed by atoms with Crippen molar-refractivity contribution in [2.75, 3.05) is 20.8 Å². The van der Waals surface area contributed by atoms with E-state index in [4.69, 9.17) is 15.7 Å². The summed E-state index contributed by atoms with van der Waals surface area (Å²) in [7, 11) is 3.24. The molecule has 0 aliphatic rings. The van der Waals surface area contributed by atoms with Crippen LogP contribution < -0.4 is 5.73 Å². The highest BCUT2D eigenvalue weighted by Gasteiger charge is 2.36. The molecule has 0 fully saturated rings. The number of nitrogens with zero attached hydrogens (tertiary/aromatic N) is 2. The van der Waals surface area contributed by atoms with Gasteiger partial charge in [0.2, 0.25) is 5.91 Å². The Balaban J connectivity index is 4.79. The highest BCUT2D eigenvalue weighted by Crippen LogP contribution is 2.19. The molecule has 0 saturated heterocycles. The number of hydrogen-bond acceptors (Lipinski definition) is 4. The van der Waals surface area contributed by atoms with Gasteiger partial charge in [0.15, 0.2) is 5.84 Å². The van der Waals surface area contributed by atoms with E-state index >= 15 is 0 Å². The molecule has 6 heteroatoms. The van der Waals surface area contributed by atoms with Crippen LogP contribution in [0.15, 0.2) is 5.16 Å². The molecule has 0 radical (unpaired) electrons. The lowest BCUT2D eigenvalue weighted by atomic mass is 9.90. The molecule has 94 valence electrons. The third-order valence-electron chi connectivity index (χ3n) is 2.67. The molecular weight excluding hydrogens is 210 g/mol. The number of carbonyl (C=O) groups is 1. The molecule has 0 spiro atoms. The van der Waals surface area contributed by atoms with Gasteiger partial charge in [-0.3, -0.25) is 4.79 Å². The molecule has 3 N–H and O–H groups in total. The molecule has 0 bridgehead atoms. The van der Waals surface area contributed by atoms with E-state index in [-0.39, 0.29) is 17.8 Å². The van der Waals surface area contributed by atoms with Gasteiger partial charge in [-0.15, -0.1) is 0 Å². The van der Waals surface area contributed by atoms with Crippen molar-refractivity contribution in [1.29, 1.82) is 0 Å². The van der Waals surface area contributed by atoms with Crippen LogP contribution in [0, 0.1) is 5.41 Å². The Morgan fingerprint density at radius 2 is 2.12 bits per heavy atom. The molecule has 1 unspecified atom stereocenters. The van der Waals surface area contributed by atoms with Crippen molar-refractivity contribution in [3.63, 3.8) is 0 Å². The van der Waals surface area contributed by atoms with Crippen LogP contribution in [0.3, 0.4) is 0 Å². The number of hydrogen-bond donors (Lipinski definition) is 2. The van der Waals surface area contributed by atoms with Crippen molar-refractivity contribution in [3.8, 4) is 0 Å². The zero-order valence-electron chi connectivity index (χ0n) is 10.5. The van der Waals surface area contributed by atoms with Gasteiger partial charge in [-0.1, -0.05) is 5.16 Å². The van der Waals surface area contributed by atoms with Gasteiger partial charge in [-0.25, -0.2) is 0 Å². The number of oxime groups is 1. The van der Waals surface area contributed by atoms with E-state index in [1.54, 1.807) is 28.0 Å². The van der Waals surface area contributed by atoms with E-state index in [0.29, 0.717) is 6.61 Å². The van der Waals surface area contributed by atoms with Gasteiger partial charge in [0, 0.05) is 14.2 Å². The van der Waals surface area contributed by atoms with Gasteiger partial charge < -0.3 is 20.6 Å². The molecule has 0 saturated carbocycles. The Morgan fingerprint density at radius 3 is 2.50 bits per heavy atom. The summed E-state index contributed by atoms with van der Waals surface area (Å²) >= 11 is 0. The first-order chi connectivity index (χ1) is 7.28. The lowest BCUT2D eigenvalue weighted by Crippen LogP contribution is -2.50. The number of amidine groups is 1. The minimum absolute atomic E-state index is 0.0664. The largest absolute Gasteiger partial charge is 0.409 e. The summed E-state index contributed by atoms with van der Waals surface area (Å²) in [6, 6.07) is -0.0664. The van der Waals surface area contributed by atoms with E-state index in [1.807, 2.05) is 6.92 Å². The summed E-state index contributed by atoms with van der Waals surface area (Å²) in [4.78, 5) is 13.6. The number of nitrogens with two attached hydrogens (primary N) is 1. The zero-order chi connectivity index (χ0) is 12.9. The van der Waals surface area contributed by atoms with Crippen molar-refractivity contribution >= 4 is 11.7 Å². The lowest BCUT2D eigenvalue weighted by molar-refractivity contribution is -0.138. The van der Waals surface area contributed by atoms with E-state index < -0.39 is 5.41 Å². The molecule has 0 aromatic rings. The summed E-state index contributed by atoms with van der Waals surface area (Å²) in [5, 5.41) is 11.5. The fourth-order valence-electron chi connectivity index (χ4n) is 1.23. The molecule has 16 heavy (non-hydrogen) atoms. The van der Waals surface area contributed by atoms with E-state index in [0.717, 1.165) is 0 Å². The maximum atomic E-state index is 12.1. The Hall–Kier alpha value is -1.30. The second-order valence-electron chi connectivity index (χ2n) is 4.33. The maximum Gasteiger partial charge on any atom is 0.236 e. The predicted molar refractivity (Wildman–Crippen MR) is 61.3 cm³/mol. The third kappa shape index (κ3) is 3.10. The molecule has 1 amide bonds. The predicted octanol–water partition coefficient (Wildman–Crippen LogP) is 0.252. The Morgan fingerprint density at radius 1 is 1.62 bits per heavy atom. The summed E-state index contributed by atoms with van der Waals surface area (Å²) in [5.41, 5.74) is 4.46. The molecule has 1 atom stereocenters. The van der Waals surface area contributed by atoms with Gasteiger partial charge in [-0.05, 0) is 20.8 Å². The highest BCUT2D eigenvalue weighted by atomic mass is 16.5. The van der Waals surface area contributed by atoms with E-state index in [9.17, 15) is 4.79 Å². The van der Waals surface area contributed by atoms with E-state index in [2.05, 4.69) is 5.16 Å².